The van der Waals surface area contributed by atoms with Gasteiger partial charge in [-0.05, 0) is 36.4 Å². The lowest BCUT2D eigenvalue weighted by Crippen LogP contribution is -2.36. The summed E-state index contributed by atoms with van der Waals surface area (Å²) in [6.07, 6.45) is 0.844. The number of amides is 2. The van der Waals surface area contributed by atoms with Crippen molar-refractivity contribution in [2.24, 2.45) is 0 Å². The van der Waals surface area contributed by atoms with Gasteiger partial charge < -0.3 is 11.1 Å². The van der Waals surface area contributed by atoms with Crippen molar-refractivity contribution in [1.29, 1.82) is 5.26 Å². The predicted octanol–water partition coefficient (Wildman–Crippen LogP) is 2.95. The Bertz CT molecular complexity index is 898. The summed E-state index contributed by atoms with van der Waals surface area (Å²) in [5.41, 5.74) is 5.17. The minimum Gasteiger partial charge on any atom is -0.399 e. The van der Waals surface area contributed by atoms with E-state index in [1.54, 1.807) is 6.07 Å². The molecule has 2 rings (SSSR count). The molecule has 0 aliphatic rings. The van der Waals surface area contributed by atoms with E-state index in [-0.39, 0.29) is 5.69 Å². The Hall–Kier alpha value is -3.73. The Morgan fingerprint density at radius 3 is 2.23 bits per heavy atom. The number of nitrogens with one attached hydrogen (secondary N) is 1. The second-order valence-corrected chi connectivity index (χ2v) is 5.16. The molecule has 0 unspecified atom stereocenters. The summed E-state index contributed by atoms with van der Waals surface area (Å²) >= 11 is 0. The molecule has 0 heterocycles. The van der Waals surface area contributed by atoms with E-state index in [1.165, 1.54) is 30.3 Å². The molecular weight excluding hydrogens is 342 g/mol. The summed E-state index contributed by atoms with van der Waals surface area (Å²) in [5, 5.41) is 11.5. The van der Waals surface area contributed by atoms with E-state index in [0.29, 0.717) is 5.69 Å². The van der Waals surface area contributed by atoms with Gasteiger partial charge in [0.1, 0.15) is 29.0 Å². The van der Waals surface area contributed by atoms with Gasteiger partial charge in [0.15, 0.2) is 0 Å². The Kier molecular flexibility index (Phi) is 5.65. The monoisotopic (exact) mass is 356 g/mol. The fraction of sp³-hybridized carbons (Fsp3) is 0.0556. The molecule has 0 aliphatic carbocycles. The highest BCUT2D eigenvalue weighted by molar-refractivity contribution is 6.21. The number of nitrogen functional groups attached to an aromatic ring is 1. The number of halogens is 2. The molecule has 26 heavy (non-hydrogen) atoms. The van der Waals surface area contributed by atoms with E-state index < -0.39 is 34.7 Å². The van der Waals surface area contributed by atoms with Crippen molar-refractivity contribution in [3.63, 3.8) is 0 Å². The van der Waals surface area contributed by atoms with Crippen LogP contribution < -0.4 is 16.0 Å². The lowest BCUT2D eigenvalue weighted by molar-refractivity contribution is -0.123. The Morgan fingerprint density at radius 1 is 1.15 bits per heavy atom. The number of hydrogen-bond donors (Lipinski definition) is 2. The molecule has 3 N–H and O–H groups in total. The number of imide groups is 1. The van der Waals surface area contributed by atoms with Crippen molar-refractivity contribution in [3.05, 3.63) is 65.9 Å². The number of rotatable bonds is 4. The van der Waals surface area contributed by atoms with Crippen LogP contribution in [0.15, 0.2) is 54.2 Å². The normalized spacial score (nSPS) is 10.8. The van der Waals surface area contributed by atoms with Crippen LogP contribution in [-0.2, 0) is 9.59 Å². The molecule has 0 fully saturated rings. The molecular formula is C18H14F2N4O2. The first-order chi connectivity index (χ1) is 12.3. The van der Waals surface area contributed by atoms with Gasteiger partial charge in [0.05, 0.1) is 5.69 Å². The fourth-order valence-corrected chi connectivity index (χ4v) is 2.11. The van der Waals surface area contributed by atoms with Crippen molar-refractivity contribution in [3.8, 4) is 6.07 Å². The van der Waals surface area contributed by atoms with Gasteiger partial charge in [0, 0.05) is 18.8 Å². The van der Waals surface area contributed by atoms with Crippen LogP contribution in [0, 0.1) is 23.0 Å². The number of carbonyl (C=O) groups excluding carboxylic acids is 2. The molecule has 8 heteroatoms. The Morgan fingerprint density at radius 2 is 1.73 bits per heavy atom. The van der Waals surface area contributed by atoms with Crippen LogP contribution in [0.3, 0.4) is 0 Å². The maximum atomic E-state index is 13.6. The largest absolute Gasteiger partial charge is 0.399 e. The van der Waals surface area contributed by atoms with E-state index in [2.05, 4.69) is 5.32 Å². The lowest BCUT2D eigenvalue weighted by atomic mass is 10.2. The predicted molar refractivity (Wildman–Crippen MR) is 92.7 cm³/mol. The molecule has 0 aromatic heterocycles. The van der Waals surface area contributed by atoms with Crippen LogP contribution in [0.25, 0.3) is 0 Å². The highest BCUT2D eigenvalue weighted by atomic mass is 19.1. The minimum atomic E-state index is -0.950. The van der Waals surface area contributed by atoms with Crippen LogP contribution in [0.1, 0.15) is 6.92 Å². The zero-order valence-electron chi connectivity index (χ0n) is 13.7. The third kappa shape index (κ3) is 4.02. The number of anilines is 3. The smallest absolute Gasteiger partial charge is 0.277 e. The number of nitrogens with zero attached hydrogens (tertiary/aromatic N) is 2. The molecule has 2 aromatic carbocycles. The lowest BCUT2D eigenvalue weighted by Gasteiger charge is -2.19. The summed E-state index contributed by atoms with van der Waals surface area (Å²) in [5.74, 6) is -3.38. The summed E-state index contributed by atoms with van der Waals surface area (Å²) in [6.45, 7) is 1.15. The number of benzene rings is 2. The summed E-state index contributed by atoms with van der Waals surface area (Å²) in [6, 6.07) is 10.7. The molecule has 2 aromatic rings. The fourth-order valence-electron chi connectivity index (χ4n) is 2.11. The molecule has 2 amide bonds. The molecule has 0 spiro atoms. The second-order valence-electron chi connectivity index (χ2n) is 5.16. The van der Waals surface area contributed by atoms with Gasteiger partial charge in [0.25, 0.3) is 5.91 Å². The number of para-hydroxylation sites is 1. The third-order valence-corrected chi connectivity index (χ3v) is 3.34. The molecule has 132 valence electrons. The van der Waals surface area contributed by atoms with Crippen molar-refractivity contribution < 1.29 is 18.4 Å². The zero-order chi connectivity index (χ0) is 19.3. The highest BCUT2D eigenvalue weighted by Crippen LogP contribution is 2.21. The number of carbonyl (C=O) groups is 2. The van der Waals surface area contributed by atoms with E-state index in [4.69, 9.17) is 5.73 Å². The summed E-state index contributed by atoms with van der Waals surface area (Å²) < 4.78 is 27.2. The Labute approximate surface area is 148 Å². The standard InChI is InChI=1S/C18H14F2N4O2/c1-11(25)24(14-7-5-13(22)6-8-14)18(26)12(9-21)10-23-17-15(19)3-2-4-16(17)20/h2-8,10,23H,22H2,1H3/b12-10-. The van der Waals surface area contributed by atoms with Gasteiger partial charge in [-0.25, -0.2) is 13.7 Å². The molecule has 0 bridgehead atoms. The maximum Gasteiger partial charge on any atom is 0.277 e. The SMILES string of the molecule is CC(=O)N(C(=O)/C(C#N)=C\Nc1c(F)cccc1F)c1ccc(N)cc1. The zero-order valence-corrected chi connectivity index (χ0v) is 13.7. The maximum absolute atomic E-state index is 13.6. The molecule has 0 atom stereocenters. The topological polar surface area (TPSA) is 99.2 Å². The van der Waals surface area contributed by atoms with Crippen molar-refractivity contribution in [2.75, 3.05) is 16.0 Å². The van der Waals surface area contributed by atoms with Gasteiger partial charge in [0.2, 0.25) is 5.91 Å². The van der Waals surface area contributed by atoms with E-state index in [9.17, 15) is 23.6 Å². The second kappa shape index (κ2) is 7.90. The van der Waals surface area contributed by atoms with E-state index in [1.807, 2.05) is 0 Å². The number of nitrogens with two attached hydrogens (primary N) is 1. The van der Waals surface area contributed by atoms with E-state index >= 15 is 0 Å². The molecule has 0 saturated carbocycles. The molecule has 0 aliphatic heterocycles. The Balaban J connectivity index is 2.35. The number of hydrogen-bond acceptors (Lipinski definition) is 5. The van der Waals surface area contributed by atoms with Crippen molar-refractivity contribution in [2.45, 2.75) is 6.92 Å². The van der Waals surface area contributed by atoms with Crippen LogP contribution in [-0.4, -0.2) is 11.8 Å². The quantitative estimate of drug-likeness (QED) is 0.498. The van der Waals surface area contributed by atoms with Crippen LogP contribution in [0.5, 0.6) is 0 Å². The van der Waals surface area contributed by atoms with Gasteiger partial charge in [-0.2, -0.15) is 5.26 Å². The van der Waals surface area contributed by atoms with Gasteiger partial charge in [-0.1, -0.05) is 6.07 Å². The summed E-state index contributed by atoms with van der Waals surface area (Å²) in [4.78, 5) is 25.2. The van der Waals surface area contributed by atoms with Gasteiger partial charge in [-0.3, -0.25) is 9.59 Å². The first kappa shape index (κ1) is 18.6. The molecule has 6 nitrogen and oxygen atoms in total. The molecule has 0 radical (unpaired) electrons. The van der Waals surface area contributed by atoms with E-state index in [0.717, 1.165) is 30.2 Å². The average Bonchev–Trinajstić information content (AvgIpc) is 2.59. The first-order valence-electron chi connectivity index (χ1n) is 7.36. The average molecular weight is 356 g/mol. The van der Waals surface area contributed by atoms with Crippen LogP contribution >= 0.6 is 0 Å². The molecule has 0 saturated heterocycles. The third-order valence-electron chi connectivity index (χ3n) is 3.34. The van der Waals surface area contributed by atoms with Crippen molar-refractivity contribution in [1.82, 2.24) is 0 Å². The van der Waals surface area contributed by atoms with Gasteiger partial charge >= 0.3 is 0 Å². The summed E-state index contributed by atoms with van der Waals surface area (Å²) in [7, 11) is 0. The van der Waals surface area contributed by atoms with Crippen LogP contribution in [0.2, 0.25) is 0 Å². The highest BCUT2D eigenvalue weighted by Gasteiger charge is 2.24. The van der Waals surface area contributed by atoms with Crippen LogP contribution in [0.4, 0.5) is 25.8 Å². The number of nitriles is 1. The minimum absolute atomic E-state index is 0.204. The first-order valence-corrected chi connectivity index (χ1v) is 7.36. The van der Waals surface area contributed by atoms with Gasteiger partial charge in [-0.15, -0.1) is 0 Å². The van der Waals surface area contributed by atoms with Crippen molar-refractivity contribution >= 4 is 28.9 Å².